The average molecular weight is 351 g/mol. The molecular formula is C10H9Br2NO3. The first-order chi connectivity index (χ1) is 7.41. The highest BCUT2D eigenvalue weighted by Crippen LogP contribution is 2.21. The molecule has 1 rings (SSSR count). The third-order valence-electron chi connectivity index (χ3n) is 1.89. The Hall–Kier alpha value is -0.880. The van der Waals surface area contributed by atoms with Crippen molar-refractivity contribution in [3.8, 4) is 0 Å². The third kappa shape index (κ3) is 3.31. The van der Waals surface area contributed by atoms with Gasteiger partial charge in [-0.2, -0.15) is 0 Å². The molecule has 0 aliphatic rings. The van der Waals surface area contributed by atoms with Crippen molar-refractivity contribution in [3.63, 3.8) is 0 Å². The number of amides is 1. The van der Waals surface area contributed by atoms with Gasteiger partial charge in [0.25, 0.3) is 5.91 Å². The van der Waals surface area contributed by atoms with Gasteiger partial charge in [0.05, 0.1) is 5.56 Å². The lowest BCUT2D eigenvalue weighted by Crippen LogP contribution is -2.38. The van der Waals surface area contributed by atoms with Gasteiger partial charge in [-0.25, -0.2) is 0 Å². The van der Waals surface area contributed by atoms with Crippen LogP contribution in [0.25, 0.3) is 0 Å². The molecule has 0 saturated carbocycles. The van der Waals surface area contributed by atoms with Crippen molar-refractivity contribution in [2.45, 2.75) is 13.0 Å². The van der Waals surface area contributed by atoms with Gasteiger partial charge >= 0.3 is 5.97 Å². The molecule has 1 atom stereocenters. The van der Waals surface area contributed by atoms with Gasteiger partial charge in [0.15, 0.2) is 0 Å². The lowest BCUT2D eigenvalue weighted by molar-refractivity contribution is -0.138. The van der Waals surface area contributed by atoms with Crippen LogP contribution in [0.4, 0.5) is 0 Å². The fourth-order valence-electron chi connectivity index (χ4n) is 1.01. The Labute approximate surface area is 109 Å². The second-order valence-electron chi connectivity index (χ2n) is 3.16. The number of carbonyl (C=O) groups excluding carboxylic acids is 1. The van der Waals surface area contributed by atoms with Crippen molar-refractivity contribution in [1.29, 1.82) is 0 Å². The second-order valence-corrected chi connectivity index (χ2v) is 4.93. The Morgan fingerprint density at radius 2 is 2.00 bits per heavy atom. The Morgan fingerprint density at radius 3 is 2.50 bits per heavy atom. The Balaban J connectivity index is 2.85. The number of aliphatic carboxylic acids is 1. The maximum Gasteiger partial charge on any atom is 0.325 e. The molecule has 86 valence electrons. The highest BCUT2D eigenvalue weighted by molar-refractivity contribution is 9.11. The SMILES string of the molecule is C[C@H](NC(=O)c1ccc(Br)cc1Br)C(=O)O. The van der Waals surface area contributed by atoms with E-state index in [-0.39, 0.29) is 0 Å². The first-order valence-electron chi connectivity index (χ1n) is 4.40. The maximum atomic E-state index is 11.7. The number of carboxylic acid groups (broad SMARTS) is 1. The van der Waals surface area contributed by atoms with Crippen molar-refractivity contribution in [3.05, 3.63) is 32.7 Å². The van der Waals surface area contributed by atoms with Crippen LogP contribution >= 0.6 is 31.9 Å². The van der Waals surface area contributed by atoms with Gasteiger partial charge in [0.2, 0.25) is 0 Å². The summed E-state index contributed by atoms with van der Waals surface area (Å²) >= 11 is 6.50. The summed E-state index contributed by atoms with van der Waals surface area (Å²) in [6.07, 6.45) is 0. The largest absolute Gasteiger partial charge is 0.480 e. The number of nitrogens with one attached hydrogen (secondary N) is 1. The number of rotatable bonds is 3. The van der Waals surface area contributed by atoms with Gasteiger partial charge in [-0.05, 0) is 41.1 Å². The summed E-state index contributed by atoms with van der Waals surface area (Å²) in [5.41, 5.74) is 0.399. The zero-order valence-corrected chi connectivity index (χ0v) is 11.5. The molecule has 0 saturated heterocycles. The minimum atomic E-state index is -1.07. The van der Waals surface area contributed by atoms with Crippen molar-refractivity contribution in [1.82, 2.24) is 5.32 Å². The molecule has 0 fully saturated rings. The van der Waals surface area contributed by atoms with Gasteiger partial charge < -0.3 is 10.4 Å². The fraction of sp³-hybridized carbons (Fsp3) is 0.200. The van der Waals surface area contributed by atoms with Crippen LogP contribution in [0.1, 0.15) is 17.3 Å². The van der Waals surface area contributed by atoms with Crippen LogP contribution in [0.5, 0.6) is 0 Å². The van der Waals surface area contributed by atoms with E-state index in [0.29, 0.717) is 10.0 Å². The van der Waals surface area contributed by atoms with Crippen LogP contribution in [0.3, 0.4) is 0 Å². The Kier molecular flexibility index (Phi) is 4.49. The normalized spacial score (nSPS) is 11.9. The smallest absolute Gasteiger partial charge is 0.325 e. The monoisotopic (exact) mass is 349 g/mol. The molecule has 1 aromatic rings. The topological polar surface area (TPSA) is 66.4 Å². The van der Waals surface area contributed by atoms with Gasteiger partial charge in [-0.3, -0.25) is 9.59 Å². The quantitative estimate of drug-likeness (QED) is 0.879. The van der Waals surface area contributed by atoms with Crippen molar-refractivity contribution in [2.24, 2.45) is 0 Å². The molecule has 6 heteroatoms. The lowest BCUT2D eigenvalue weighted by Gasteiger charge is -2.10. The van der Waals surface area contributed by atoms with E-state index in [1.165, 1.54) is 6.92 Å². The van der Waals surface area contributed by atoms with Crippen LogP contribution in [0.2, 0.25) is 0 Å². The third-order valence-corrected chi connectivity index (χ3v) is 3.04. The molecule has 0 aromatic heterocycles. The van der Waals surface area contributed by atoms with Crippen LogP contribution < -0.4 is 5.32 Å². The van der Waals surface area contributed by atoms with Crippen molar-refractivity contribution in [2.75, 3.05) is 0 Å². The van der Waals surface area contributed by atoms with Crippen LogP contribution in [-0.2, 0) is 4.79 Å². The predicted octanol–water partition coefficient (Wildman–Crippen LogP) is 2.41. The second kappa shape index (κ2) is 5.45. The van der Waals surface area contributed by atoms with E-state index >= 15 is 0 Å². The standard InChI is InChI=1S/C10H9Br2NO3/c1-5(10(15)16)13-9(14)7-3-2-6(11)4-8(7)12/h2-5H,1H3,(H,13,14)(H,15,16)/t5-/m0/s1. The van der Waals surface area contributed by atoms with Crippen LogP contribution in [0.15, 0.2) is 27.1 Å². The number of halogens is 2. The molecule has 2 N–H and O–H groups in total. The number of benzene rings is 1. The molecule has 0 unspecified atom stereocenters. The minimum absolute atomic E-state index is 0.399. The van der Waals surface area contributed by atoms with E-state index in [0.717, 1.165) is 4.47 Å². The zero-order valence-electron chi connectivity index (χ0n) is 8.33. The molecule has 0 spiro atoms. The fourth-order valence-corrected chi connectivity index (χ4v) is 2.24. The summed E-state index contributed by atoms with van der Waals surface area (Å²) in [7, 11) is 0. The molecule has 0 bridgehead atoms. The molecule has 1 aromatic carbocycles. The first-order valence-corrected chi connectivity index (χ1v) is 5.99. The van der Waals surface area contributed by atoms with Crippen LogP contribution in [0, 0.1) is 0 Å². The zero-order chi connectivity index (χ0) is 12.3. The summed E-state index contributed by atoms with van der Waals surface area (Å²) in [5.74, 6) is -1.49. The Bertz CT molecular complexity index is 434. The lowest BCUT2D eigenvalue weighted by atomic mass is 10.2. The summed E-state index contributed by atoms with van der Waals surface area (Å²) in [5, 5.41) is 11.0. The molecule has 1 amide bonds. The highest BCUT2D eigenvalue weighted by atomic mass is 79.9. The van der Waals surface area contributed by atoms with E-state index in [2.05, 4.69) is 37.2 Å². The molecule has 0 heterocycles. The van der Waals surface area contributed by atoms with E-state index in [9.17, 15) is 9.59 Å². The van der Waals surface area contributed by atoms with E-state index < -0.39 is 17.9 Å². The van der Waals surface area contributed by atoms with Crippen molar-refractivity contribution >= 4 is 43.7 Å². The van der Waals surface area contributed by atoms with Crippen LogP contribution in [-0.4, -0.2) is 23.0 Å². The number of carboxylic acids is 1. The summed E-state index contributed by atoms with van der Waals surface area (Å²) in [4.78, 5) is 22.2. The summed E-state index contributed by atoms with van der Waals surface area (Å²) < 4.78 is 1.44. The molecule has 16 heavy (non-hydrogen) atoms. The Morgan fingerprint density at radius 1 is 1.38 bits per heavy atom. The molecule has 0 aliphatic carbocycles. The summed E-state index contributed by atoms with van der Waals surface area (Å²) in [6.45, 7) is 1.41. The highest BCUT2D eigenvalue weighted by Gasteiger charge is 2.16. The summed E-state index contributed by atoms with van der Waals surface area (Å²) in [6, 6.07) is 4.13. The van der Waals surface area contributed by atoms with Gasteiger partial charge in [-0.15, -0.1) is 0 Å². The molecule has 4 nitrogen and oxygen atoms in total. The number of carbonyl (C=O) groups is 2. The van der Waals surface area contributed by atoms with E-state index in [4.69, 9.17) is 5.11 Å². The van der Waals surface area contributed by atoms with Gasteiger partial charge in [0.1, 0.15) is 6.04 Å². The molecule has 0 radical (unpaired) electrons. The van der Waals surface area contributed by atoms with E-state index in [1.54, 1.807) is 18.2 Å². The number of hydrogen-bond donors (Lipinski definition) is 2. The molecular weight excluding hydrogens is 342 g/mol. The van der Waals surface area contributed by atoms with E-state index in [1.807, 2.05) is 0 Å². The van der Waals surface area contributed by atoms with Gasteiger partial charge in [0, 0.05) is 8.95 Å². The maximum absolute atomic E-state index is 11.7. The predicted molar refractivity (Wildman–Crippen MR) is 66.4 cm³/mol. The van der Waals surface area contributed by atoms with Crippen molar-refractivity contribution < 1.29 is 14.7 Å². The molecule has 0 aliphatic heterocycles. The number of hydrogen-bond acceptors (Lipinski definition) is 2. The average Bonchev–Trinajstić information content (AvgIpc) is 2.16. The van der Waals surface area contributed by atoms with Gasteiger partial charge in [-0.1, -0.05) is 15.9 Å². The first kappa shape index (κ1) is 13.2. The minimum Gasteiger partial charge on any atom is -0.480 e.